The van der Waals surface area contributed by atoms with Crippen molar-refractivity contribution in [2.45, 2.75) is 12.5 Å². The lowest BCUT2D eigenvalue weighted by Gasteiger charge is -2.20. The molecule has 2 rings (SSSR count). The first-order valence-electron chi connectivity index (χ1n) is 5.29. The van der Waals surface area contributed by atoms with Gasteiger partial charge in [-0.05, 0) is 47.1 Å². The average Bonchev–Trinajstić information content (AvgIpc) is 2.96. The molecule has 0 bridgehead atoms. The maximum absolute atomic E-state index is 11.7. The number of amides is 1. The molecule has 0 aliphatic carbocycles. The van der Waals surface area contributed by atoms with E-state index in [9.17, 15) is 9.90 Å². The molecule has 2 aromatic heterocycles. The molecule has 0 saturated carbocycles. The molecule has 0 saturated heterocycles. The summed E-state index contributed by atoms with van der Waals surface area (Å²) in [7, 11) is 0. The van der Waals surface area contributed by atoms with Gasteiger partial charge in [0.1, 0.15) is 11.4 Å². The minimum atomic E-state index is -1.26. The summed E-state index contributed by atoms with van der Waals surface area (Å²) in [4.78, 5) is 11.7. The van der Waals surface area contributed by atoms with Gasteiger partial charge < -0.3 is 19.3 Å². The van der Waals surface area contributed by atoms with Crippen LogP contribution in [0.15, 0.2) is 44.0 Å². The van der Waals surface area contributed by atoms with Crippen molar-refractivity contribution in [1.29, 1.82) is 0 Å². The van der Waals surface area contributed by atoms with Crippen LogP contribution in [-0.4, -0.2) is 17.6 Å². The molecule has 5 nitrogen and oxygen atoms in total. The molecule has 18 heavy (non-hydrogen) atoms. The van der Waals surface area contributed by atoms with Crippen molar-refractivity contribution in [1.82, 2.24) is 5.32 Å². The van der Waals surface area contributed by atoms with Crippen LogP contribution in [0.1, 0.15) is 23.2 Å². The summed E-state index contributed by atoms with van der Waals surface area (Å²) in [5, 5.41) is 12.7. The van der Waals surface area contributed by atoms with Crippen molar-refractivity contribution in [2.75, 3.05) is 6.54 Å². The van der Waals surface area contributed by atoms with Crippen LogP contribution < -0.4 is 5.32 Å². The van der Waals surface area contributed by atoms with E-state index in [1.807, 2.05) is 0 Å². The number of carbonyl (C=O) groups is 1. The summed E-state index contributed by atoms with van der Waals surface area (Å²) in [6, 6.07) is 6.49. The first-order valence-corrected chi connectivity index (χ1v) is 6.08. The first-order chi connectivity index (χ1) is 8.49. The minimum Gasteiger partial charge on any atom is -0.466 e. The quantitative estimate of drug-likeness (QED) is 0.908. The van der Waals surface area contributed by atoms with Crippen molar-refractivity contribution >= 4 is 21.8 Å². The molecule has 0 unspecified atom stereocenters. The van der Waals surface area contributed by atoms with Gasteiger partial charge in [-0.3, -0.25) is 4.79 Å². The lowest BCUT2D eigenvalue weighted by atomic mass is 10.0. The van der Waals surface area contributed by atoms with Gasteiger partial charge >= 0.3 is 0 Å². The Hall–Kier alpha value is -1.53. The van der Waals surface area contributed by atoms with Crippen molar-refractivity contribution in [2.24, 2.45) is 0 Å². The number of hydrogen-bond donors (Lipinski definition) is 2. The third-order valence-corrected chi connectivity index (χ3v) is 2.87. The van der Waals surface area contributed by atoms with Crippen LogP contribution in [0.25, 0.3) is 0 Å². The van der Waals surface area contributed by atoms with Gasteiger partial charge in [0.05, 0.1) is 12.8 Å². The fourth-order valence-corrected chi connectivity index (χ4v) is 1.75. The molecule has 2 heterocycles. The molecule has 1 atom stereocenters. The van der Waals surface area contributed by atoms with E-state index in [4.69, 9.17) is 8.83 Å². The van der Waals surface area contributed by atoms with Gasteiger partial charge in [0.2, 0.25) is 0 Å². The van der Waals surface area contributed by atoms with E-state index in [1.54, 1.807) is 31.2 Å². The third kappa shape index (κ3) is 2.83. The highest BCUT2D eigenvalue weighted by atomic mass is 79.9. The van der Waals surface area contributed by atoms with Crippen molar-refractivity contribution in [3.63, 3.8) is 0 Å². The van der Waals surface area contributed by atoms with Crippen LogP contribution in [-0.2, 0) is 5.60 Å². The van der Waals surface area contributed by atoms with Crippen LogP contribution >= 0.6 is 15.9 Å². The van der Waals surface area contributed by atoms with Crippen LogP contribution in [0.5, 0.6) is 0 Å². The molecule has 0 radical (unpaired) electrons. The van der Waals surface area contributed by atoms with E-state index < -0.39 is 11.5 Å². The highest BCUT2D eigenvalue weighted by molar-refractivity contribution is 9.10. The lowest BCUT2D eigenvalue weighted by molar-refractivity contribution is 0.0326. The van der Waals surface area contributed by atoms with Crippen molar-refractivity contribution in [3.8, 4) is 0 Å². The Bertz CT molecular complexity index is 530. The summed E-state index contributed by atoms with van der Waals surface area (Å²) in [6.07, 6.45) is 1.47. The van der Waals surface area contributed by atoms with E-state index in [-0.39, 0.29) is 12.3 Å². The molecule has 2 N–H and O–H groups in total. The predicted molar refractivity (Wildman–Crippen MR) is 67.0 cm³/mol. The highest BCUT2D eigenvalue weighted by Crippen LogP contribution is 2.20. The number of halogens is 1. The molecule has 1 amide bonds. The highest BCUT2D eigenvalue weighted by Gasteiger charge is 2.27. The van der Waals surface area contributed by atoms with E-state index in [0.29, 0.717) is 10.4 Å². The van der Waals surface area contributed by atoms with Gasteiger partial charge in [0.25, 0.3) is 5.91 Å². The Kier molecular flexibility index (Phi) is 3.58. The first kappa shape index (κ1) is 12.9. The van der Waals surface area contributed by atoms with E-state index in [2.05, 4.69) is 21.2 Å². The standard InChI is InChI=1S/C12H12BrNO4/c1-12(16,9-3-2-6-17-9)7-14-11(15)8-4-5-10(13)18-8/h2-6,16H,7H2,1H3,(H,14,15)/t12-/m0/s1. The van der Waals surface area contributed by atoms with Gasteiger partial charge in [0, 0.05) is 0 Å². The second kappa shape index (κ2) is 4.99. The molecule has 0 fully saturated rings. The number of furan rings is 2. The van der Waals surface area contributed by atoms with Crippen molar-refractivity contribution < 1.29 is 18.7 Å². The average molecular weight is 314 g/mol. The molecule has 0 aliphatic heterocycles. The molecule has 0 aromatic carbocycles. The molecular formula is C12H12BrNO4. The number of hydrogen-bond acceptors (Lipinski definition) is 4. The Balaban J connectivity index is 1.98. The van der Waals surface area contributed by atoms with Crippen LogP contribution in [0.4, 0.5) is 0 Å². The Morgan fingerprint density at radius 3 is 2.83 bits per heavy atom. The van der Waals surface area contributed by atoms with Gasteiger partial charge in [-0.15, -0.1) is 0 Å². The van der Waals surface area contributed by atoms with Crippen LogP contribution in [0, 0.1) is 0 Å². The smallest absolute Gasteiger partial charge is 0.287 e. The molecule has 96 valence electrons. The fraction of sp³-hybridized carbons (Fsp3) is 0.250. The van der Waals surface area contributed by atoms with Crippen LogP contribution in [0.3, 0.4) is 0 Å². The van der Waals surface area contributed by atoms with Crippen LogP contribution in [0.2, 0.25) is 0 Å². The fourth-order valence-electron chi connectivity index (χ4n) is 1.45. The third-order valence-electron chi connectivity index (χ3n) is 2.44. The van der Waals surface area contributed by atoms with E-state index in [1.165, 1.54) is 6.26 Å². The molecular weight excluding hydrogens is 302 g/mol. The number of nitrogens with one attached hydrogen (secondary N) is 1. The SMILES string of the molecule is C[C@](O)(CNC(=O)c1ccc(Br)o1)c1ccco1. The molecule has 0 spiro atoms. The summed E-state index contributed by atoms with van der Waals surface area (Å²) >= 11 is 3.11. The number of carbonyl (C=O) groups excluding carboxylic acids is 1. The minimum absolute atomic E-state index is 0.0255. The second-order valence-electron chi connectivity index (χ2n) is 4.04. The maximum atomic E-state index is 11.7. The summed E-state index contributed by atoms with van der Waals surface area (Å²) in [5.74, 6) is 0.174. The van der Waals surface area contributed by atoms with Gasteiger partial charge in [-0.1, -0.05) is 0 Å². The molecule has 0 aliphatic rings. The van der Waals surface area contributed by atoms with Gasteiger partial charge in [-0.25, -0.2) is 0 Å². The Morgan fingerprint density at radius 2 is 2.28 bits per heavy atom. The second-order valence-corrected chi connectivity index (χ2v) is 4.82. The summed E-state index contributed by atoms with van der Waals surface area (Å²) < 4.78 is 10.7. The predicted octanol–water partition coefficient (Wildman–Crippen LogP) is 2.27. The van der Waals surface area contributed by atoms with Gasteiger partial charge in [0.15, 0.2) is 10.4 Å². The zero-order chi connectivity index (χ0) is 13.2. The zero-order valence-corrected chi connectivity index (χ0v) is 11.2. The molecule has 2 aromatic rings. The van der Waals surface area contributed by atoms with Gasteiger partial charge in [-0.2, -0.15) is 0 Å². The summed E-state index contributed by atoms with van der Waals surface area (Å²) in [6.45, 7) is 1.59. The zero-order valence-electron chi connectivity index (χ0n) is 9.64. The largest absolute Gasteiger partial charge is 0.466 e. The normalized spacial score (nSPS) is 14.2. The Morgan fingerprint density at radius 1 is 1.50 bits per heavy atom. The summed E-state index contributed by atoms with van der Waals surface area (Å²) in [5.41, 5.74) is -1.26. The maximum Gasteiger partial charge on any atom is 0.287 e. The lowest BCUT2D eigenvalue weighted by Crippen LogP contribution is -2.38. The van der Waals surface area contributed by atoms with E-state index in [0.717, 1.165) is 0 Å². The topological polar surface area (TPSA) is 75.6 Å². The van der Waals surface area contributed by atoms with E-state index >= 15 is 0 Å². The molecule has 6 heteroatoms. The monoisotopic (exact) mass is 313 g/mol. The number of aliphatic hydroxyl groups is 1. The number of rotatable bonds is 4. The van der Waals surface area contributed by atoms with Crippen molar-refractivity contribution in [3.05, 3.63) is 46.7 Å². The Labute approximate surface area is 112 Å².